The second-order valence-corrected chi connectivity index (χ2v) is 3.59. The van der Waals surface area contributed by atoms with Crippen molar-refractivity contribution in [3.8, 4) is 0 Å². The predicted octanol–water partition coefficient (Wildman–Crippen LogP) is -0.0443. The van der Waals surface area contributed by atoms with Crippen LogP contribution in [0.5, 0.6) is 0 Å². The molecule has 1 fully saturated rings. The fraction of sp³-hybridized carbons (Fsp3) is 0.778. The third-order valence-corrected chi connectivity index (χ3v) is 2.49. The molecule has 1 aliphatic rings. The highest BCUT2D eigenvalue weighted by atomic mass is 16.5. The Hall–Kier alpha value is -0.940. The monoisotopic (exact) mass is 196 g/mol. The van der Waals surface area contributed by atoms with Crippen LogP contribution in [0.15, 0.2) is 0 Å². The summed E-state index contributed by atoms with van der Waals surface area (Å²) in [4.78, 5) is 6.69. The van der Waals surface area contributed by atoms with E-state index >= 15 is 0 Å². The zero-order valence-corrected chi connectivity index (χ0v) is 8.73. The van der Waals surface area contributed by atoms with E-state index in [0.717, 1.165) is 44.5 Å². The van der Waals surface area contributed by atoms with E-state index in [1.165, 1.54) is 0 Å². The molecule has 78 valence electrons. The van der Waals surface area contributed by atoms with Gasteiger partial charge in [-0.05, 0) is 6.92 Å². The average molecular weight is 196 g/mol. The Balaban J connectivity index is 1.95. The molecule has 1 aliphatic heterocycles. The summed E-state index contributed by atoms with van der Waals surface area (Å²) < 4.78 is 7.09. The van der Waals surface area contributed by atoms with Crippen LogP contribution in [0.2, 0.25) is 0 Å². The van der Waals surface area contributed by atoms with Crippen molar-refractivity contribution in [1.82, 2.24) is 19.7 Å². The molecule has 0 bridgehead atoms. The van der Waals surface area contributed by atoms with E-state index in [4.69, 9.17) is 4.74 Å². The fourth-order valence-electron chi connectivity index (χ4n) is 1.55. The maximum atomic E-state index is 5.28. The SMILES string of the molecule is Cc1nc(CN2CCOCC2)nn1C. The quantitative estimate of drug-likeness (QED) is 0.665. The van der Waals surface area contributed by atoms with Gasteiger partial charge in [-0.2, -0.15) is 5.10 Å². The first-order chi connectivity index (χ1) is 6.75. The van der Waals surface area contributed by atoms with E-state index in [2.05, 4.69) is 15.0 Å². The Kier molecular flexibility index (Phi) is 2.79. The molecule has 0 spiro atoms. The maximum absolute atomic E-state index is 5.28. The third kappa shape index (κ3) is 2.10. The number of rotatable bonds is 2. The molecule has 1 aromatic rings. The van der Waals surface area contributed by atoms with Gasteiger partial charge < -0.3 is 4.74 Å². The summed E-state index contributed by atoms with van der Waals surface area (Å²) in [6.07, 6.45) is 0. The van der Waals surface area contributed by atoms with Gasteiger partial charge in [0, 0.05) is 20.1 Å². The zero-order valence-electron chi connectivity index (χ0n) is 8.73. The second-order valence-electron chi connectivity index (χ2n) is 3.59. The Morgan fingerprint density at radius 3 is 2.64 bits per heavy atom. The van der Waals surface area contributed by atoms with Crippen LogP contribution >= 0.6 is 0 Å². The summed E-state index contributed by atoms with van der Waals surface area (Å²) >= 11 is 0. The second kappa shape index (κ2) is 4.06. The average Bonchev–Trinajstić information content (AvgIpc) is 2.47. The van der Waals surface area contributed by atoms with Crippen LogP contribution in [0, 0.1) is 6.92 Å². The highest BCUT2D eigenvalue weighted by Crippen LogP contribution is 2.03. The van der Waals surface area contributed by atoms with Gasteiger partial charge in [0.1, 0.15) is 5.82 Å². The van der Waals surface area contributed by atoms with Gasteiger partial charge in [0.2, 0.25) is 0 Å². The van der Waals surface area contributed by atoms with E-state index in [-0.39, 0.29) is 0 Å². The number of aryl methyl sites for hydroxylation is 2. The van der Waals surface area contributed by atoms with Gasteiger partial charge in [-0.3, -0.25) is 9.58 Å². The van der Waals surface area contributed by atoms with E-state index in [1.807, 2.05) is 18.7 Å². The van der Waals surface area contributed by atoms with Gasteiger partial charge in [-0.25, -0.2) is 4.98 Å². The van der Waals surface area contributed by atoms with Crippen molar-refractivity contribution in [3.63, 3.8) is 0 Å². The van der Waals surface area contributed by atoms with Gasteiger partial charge in [0.05, 0.1) is 19.8 Å². The summed E-state index contributed by atoms with van der Waals surface area (Å²) in [7, 11) is 1.92. The highest BCUT2D eigenvalue weighted by molar-refractivity contribution is 4.90. The first kappa shape index (κ1) is 9.61. The smallest absolute Gasteiger partial charge is 0.164 e. The molecule has 0 N–H and O–H groups in total. The van der Waals surface area contributed by atoms with Gasteiger partial charge >= 0.3 is 0 Å². The molecule has 14 heavy (non-hydrogen) atoms. The van der Waals surface area contributed by atoms with Crippen molar-refractivity contribution in [2.45, 2.75) is 13.5 Å². The lowest BCUT2D eigenvalue weighted by Crippen LogP contribution is -2.35. The molecule has 0 unspecified atom stereocenters. The topological polar surface area (TPSA) is 43.2 Å². The van der Waals surface area contributed by atoms with Gasteiger partial charge in [0.25, 0.3) is 0 Å². The van der Waals surface area contributed by atoms with Crippen LogP contribution < -0.4 is 0 Å². The van der Waals surface area contributed by atoms with E-state index in [1.54, 1.807) is 0 Å². The Morgan fingerprint density at radius 2 is 2.07 bits per heavy atom. The molecular weight excluding hydrogens is 180 g/mol. The van der Waals surface area contributed by atoms with Gasteiger partial charge in [-0.1, -0.05) is 0 Å². The lowest BCUT2D eigenvalue weighted by molar-refractivity contribution is 0.0330. The molecule has 1 aromatic heterocycles. The van der Waals surface area contributed by atoms with E-state index in [0.29, 0.717) is 0 Å². The molecule has 0 atom stereocenters. The van der Waals surface area contributed by atoms with Crippen molar-refractivity contribution in [2.24, 2.45) is 7.05 Å². The first-order valence-electron chi connectivity index (χ1n) is 4.92. The molecule has 0 amide bonds. The van der Waals surface area contributed by atoms with Crippen LogP contribution in [-0.4, -0.2) is 46.0 Å². The minimum atomic E-state index is 0.825. The van der Waals surface area contributed by atoms with E-state index < -0.39 is 0 Å². The number of hydrogen-bond acceptors (Lipinski definition) is 4. The number of hydrogen-bond donors (Lipinski definition) is 0. The molecule has 0 saturated carbocycles. The fourth-order valence-corrected chi connectivity index (χ4v) is 1.55. The van der Waals surface area contributed by atoms with Gasteiger partial charge in [-0.15, -0.1) is 0 Å². The summed E-state index contributed by atoms with van der Waals surface area (Å²) in [5.74, 6) is 1.88. The third-order valence-electron chi connectivity index (χ3n) is 2.49. The first-order valence-corrected chi connectivity index (χ1v) is 4.92. The summed E-state index contributed by atoms with van der Waals surface area (Å²) in [5.41, 5.74) is 0. The summed E-state index contributed by atoms with van der Waals surface area (Å²) in [6.45, 7) is 6.42. The van der Waals surface area contributed by atoms with Crippen LogP contribution in [-0.2, 0) is 18.3 Å². The standard InChI is InChI=1S/C9H16N4O/c1-8-10-9(11-12(8)2)7-13-3-5-14-6-4-13/h3-7H2,1-2H3. The van der Waals surface area contributed by atoms with Crippen molar-refractivity contribution in [3.05, 3.63) is 11.6 Å². The minimum absolute atomic E-state index is 0.825. The van der Waals surface area contributed by atoms with Crippen LogP contribution in [0.4, 0.5) is 0 Å². The lowest BCUT2D eigenvalue weighted by Gasteiger charge is -2.25. The molecule has 5 nitrogen and oxygen atoms in total. The van der Waals surface area contributed by atoms with Gasteiger partial charge in [0.15, 0.2) is 5.82 Å². The number of ether oxygens (including phenoxy) is 1. The number of aromatic nitrogens is 3. The Morgan fingerprint density at radius 1 is 1.36 bits per heavy atom. The van der Waals surface area contributed by atoms with Crippen LogP contribution in [0.3, 0.4) is 0 Å². The number of nitrogens with zero attached hydrogens (tertiary/aromatic N) is 4. The normalized spacial score (nSPS) is 18.7. The van der Waals surface area contributed by atoms with Crippen LogP contribution in [0.25, 0.3) is 0 Å². The van der Waals surface area contributed by atoms with Crippen molar-refractivity contribution < 1.29 is 4.74 Å². The Labute approximate surface area is 83.7 Å². The van der Waals surface area contributed by atoms with Crippen molar-refractivity contribution in [1.29, 1.82) is 0 Å². The predicted molar refractivity (Wildman–Crippen MR) is 51.8 cm³/mol. The molecule has 0 aromatic carbocycles. The summed E-state index contributed by atoms with van der Waals surface area (Å²) in [6, 6.07) is 0. The molecule has 2 rings (SSSR count). The Bertz CT molecular complexity index is 284. The minimum Gasteiger partial charge on any atom is -0.379 e. The largest absolute Gasteiger partial charge is 0.379 e. The molecule has 2 heterocycles. The van der Waals surface area contributed by atoms with Crippen molar-refractivity contribution >= 4 is 0 Å². The molecule has 1 saturated heterocycles. The molecule has 0 radical (unpaired) electrons. The van der Waals surface area contributed by atoms with Crippen LogP contribution in [0.1, 0.15) is 11.6 Å². The molecular formula is C9H16N4O. The van der Waals surface area contributed by atoms with Crippen molar-refractivity contribution in [2.75, 3.05) is 26.3 Å². The van der Waals surface area contributed by atoms with E-state index in [9.17, 15) is 0 Å². The molecule has 5 heteroatoms. The maximum Gasteiger partial charge on any atom is 0.164 e. The summed E-state index contributed by atoms with van der Waals surface area (Å²) in [5, 5.41) is 4.33. The highest BCUT2D eigenvalue weighted by Gasteiger charge is 2.13. The number of morpholine rings is 1. The zero-order chi connectivity index (χ0) is 9.97. The lowest BCUT2D eigenvalue weighted by atomic mass is 10.4. The molecule has 0 aliphatic carbocycles.